The molecule has 0 saturated carbocycles. The second kappa shape index (κ2) is 6.74. The molecule has 0 spiro atoms. The largest absolute Gasteiger partial charge is 0.277 e. The SMILES string of the molecule is Cc1ccc(-c2[nH]ncc2/C=N\N=C2c3ccccc3-c3ccccc32)cc1. The molecule has 4 aromatic rings. The summed E-state index contributed by atoms with van der Waals surface area (Å²) < 4.78 is 0. The average Bonchev–Trinajstić information content (AvgIpc) is 3.32. The minimum atomic E-state index is 0.905. The van der Waals surface area contributed by atoms with Crippen LogP contribution in [0.3, 0.4) is 0 Å². The lowest BCUT2D eigenvalue weighted by molar-refractivity contribution is 1.09. The Hall–Kier alpha value is -3.79. The first-order valence-electron chi connectivity index (χ1n) is 9.22. The maximum Gasteiger partial charge on any atom is 0.101 e. The summed E-state index contributed by atoms with van der Waals surface area (Å²) >= 11 is 0. The Balaban J connectivity index is 1.52. The molecule has 0 amide bonds. The maximum absolute atomic E-state index is 4.57. The van der Waals surface area contributed by atoms with Crippen LogP contribution in [0.25, 0.3) is 22.4 Å². The molecule has 1 aromatic heterocycles. The third-order valence-corrected chi connectivity index (χ3v) is 5.02. The molecule has 4 heteroatoms. The molecule has 5 rings (SSSR count). The molecule has 0 fully saturated rings. The normalized spacial score (nSPS) is 12.2. The summed E-state index contributed by atoms with van der Waals surface area (Å²) in [4.78, 5) is 0. The predicted molar refractivity (Wildman–Crippen MR) is 114 cm³/mol. The number of benzene rings is 3. The highest BCUT2D eigenvalue weighted by molar-refractivity contribution is 6.24. The smallest absolute Gasteiger partial charge is 0.101 e. The number of nitrogens with zero attached hydrogens (tertiary/aromatic N) is 3. The summed E-state index contributed by atoms with van der Waals surface area (Å²) in [6, 6.07) is 25.0. The molecule has 134 valence electrons. The van der Waals surface area contributed by atoms with Crippen LogP contribution >= 0.6 is 0 Å². The van der Waals surface area contributed by atoms with Gasteiger partial charge >= 0.3 is 0 Å². The molecule has 0 radical (unpaired) electrons. The third-order valence-electron chi connectivity index (χ3n) is 5.02. The van der Waals surface area contributed by atoms with Gasteiger partial charge in [0, 0.05) is 22.3 Å². The van der Waals surface area contributed by atoms with Crippen molar-refractivity contribution in [1.29, 1.82) is 0 Å². The van der Waals surface area contributed by atoms with Crippen LogP contribution in [0.1, 0.15) is 22.3 Å². The van der Waals surface area contributed by atoms with Crippen molar-refractivity contribution in [3.63, 3.8) is 0 Å². The van der Waals surface area contributed by atoms with E-state index in [0.29, 0.717) is 0 Å². The number of nitrogens with one attached hydrogen (secondary N) is 1. The van der Waals surface area contributed by atoms with Crippen LogP contribution in [0.15, 0.2) is 89.2 Å². The predicted octanol–water partition coefficient (Wildman–Crippen LogP) is 5.24. The van der Waals surface area contributed by atoms with Crippen molar-refractivity contribution in [3.8, 4) is 22.4 Å². The summed E-state index contributed by atoms with van der Waals surface area (Å²) in [5.41, 5.74) is 9.70. The highest BCUT2D eigenvalue weighted by atomic mass is 15.2. The summed E-state index contributed by atoms with van der Waals surface area (Å²) in [5, 5.41) is 16.2. The molecule has 1 aliphatic rings. The molecule has 4 nitrogen and oxygen atoms in total. The minimum absolute atomic E-state index is 0.905. The van der Waals surface area contributed by atoms with Crippen LogP contribution in [0, 0.1) is 6.92 Å². The first kappa shape index (κ1) is 16.4. The lowest BCUT2D eigenvalue weighted by Gasteiger charge is -2.00. The first-order valence-corrected chi connectivity index (χ1v) is 9.22. The second-order valence-electron chi connectivity index (χ2n) is 6.85. The molecule has 1 heterocycles. The lowest BCUT2D eigenvalue weighted by atomic mass is 10.1. The van der Waals surface area contributed by atoms with Gasteiger partial charge in [0.1, 0.15) is 5.71 Å². The molecule has 1 aliphatic carbocycles. The van der Waals surface area contributed by atoms with Crippen LogP contribution in [-0.2, 0) is 0 Å². The Morgan fingerprint density at radius 2 is 1.39 bits per heavy atom. The summed E-state index contributed by atoms with van der Waals surface area (Å²) in [5.74, 6) is 0. The molecular weight excluding hydrogens is 344 g/mol. The zero-order chi connectivity index (χ0) is 18.9. The van der Waals surface area contributed by atoms with Gasteiger partial charge < -0.3 is 0 Å². The molecule has 0 atom stereocenters. The quantitative estimate of drug-likeness (QED) is 0.346. The molecule has 1 N–H and O–H groups in total. The van der Waals surface area contributed by atoms with E-state index in [1.54, 1.807) is 12.4 Å². The van der Waals surface area contributed by atoms with Gasteiger partial charge in [-0.25, -0.2) is 0 Å². The average molecular weight is 362 g/mol. The van der Waals surface area contributed by atoms with Gasteiger partial charge in [0.2, 0.25) is 0 Å². The van der Waals surface area contributed by atoms with Crippen LogP contribution in [0.5, 0.6) is 0 Å². The second-order valence-corrected chi connectivity index (χ2v) is 6.85. The van der Waals surface area contributed by atoms with Gasteiger partial charge in [-0.3, -0.25) is 5.10 Å². The van der Waals surface area contributed by atoms with Crippen molar-refractivity contribution in [2.24, 2.45) is 10.2 Å². The number of rotatable bonds is 3. The fourth-order valence-corrected chi connectivity index (χ4v) is 3.60. The zero-order valence-corrected chi connectivity index (χ0v) is 15.4. The van der Waals surface area contributed by atoms with Crippen LogP contribution in [0.4, 0.5) is 0 Å². The highest BCUT2D eigenvalue weighted by Gasteiger charge is 2.23. The van der Waals surface area contributed by atoms with Gasteiger partial charge in [-0.1, -0.05) is 78.4 Å². The van der Waals surface area contributed by atoms with Gasteiger partial charge in [-0.15, -0.1) is 5.10 Å². The van der Waals surface area contributed by atoms with E-state index in [9.17, 15) is 0 Å². The van der Waals surface area contributed by atoms with E-state index in [2.05, 4.69) is 88.0 Å². The number of hydrogen-bond acceptors (Lipinski definition) is 3. The number of H-pyrrole nitrogens is 1. The van der Waals surface area contributed by atoms with E-state index in [4.69, 9.17) is 0 Å². The molecule has 0 unspecified atom stereocenters. The number of aromatic nitrogens is 2. The van der Waals surface area contributed by atoms with E-state index in [0.717, 1.165) is 33.7 Å². The van der Waals surface area contributed by atoms with E-state index >= 15 is 0 Å². The van der Waals surface area contributed by atoms with Crippen molar-refractivity contribution in [2.75, 3.05) is 0 Å². The Labute approximate surface area is 163 Å². The molecular formula is C24H18N4. The van der Waals surface area contributed by atoms with E-state index < -0.39 is 0 Å². The van der Waals surface area contributed by atoms with Crippen LogP contribution in [-0.4, -0.2) is 22.1 Å². The zero-order valence-electron chi connectivity index (χ0n) is 15.4. The Kier molecular flexibility index (Phi) is 3.95. The monoisotopic (exact) mass is 362 g/mol. The van der Waals surface area contributed by atoms with Crippen LogP contribution < -0.4 is 0 Å². The van der Waals surface area contributed by atoms with E-state index in [1.807, 2.05) is 12.1 Å². The standard InChI is InChI=1S/C24H18N4/c1-16-10-12-17(13-11-16)23-18(14-25-27-23)15-26-28-24-21-8-4-2-6-19(21)20-7-3-5-9-22(20)24/h2-15H,1H3,(H,25,27)/b26-15-. The highest BCUT2D eigenvalue weighted by Crippen LogP contribution is 2.36. The van der Waals surface area contributed by atoms with Gasteiger partial charge in [-0.05, 0) is 18.1 Å². The van der Waals surface area contributed by atoms with Crippen molar-refractivity contribution < 1.29 is 0 Å². The fourth-order valence-electron chi connectivity index (χ4n) is 3.60. The van der Waals surface area contributed by atoms with Gasteiger partial charge in [-0.2, -0.15) is 10.2 Å². The van der Waals surface area contributed by atoms with Gasteiger partial charge in [0.15, 0.2) is 0 Å². The van der Waals surface area contributed by atoms with Crippen molar-refractivity contribution in [2.45, 2.75) is 6.92 Å². The molecule has 0 saturated heterocycles. The molecule has 0 aliphatic heterocycles. The molecule has 3 aromatic carbocycles. The third kappa shape index (κ3) is 2.76. The van der Waals surface area contributed by atoms with E-state index in [1.165, 1.54) is 16.7 Å². The lowest BCUT2D eigenvalue weighted by Crippen LogP contribution is -1.97. The number of aromatic amines is 1. The Morgan fingerprint density at radius 3 is 2.04 bits per heavy atom. The number of hydrogen-bond donors (Lipinski definition) is 1. The van der Waals surface area contributed by atoms with Crippen LogP contribution in [0.2, 0.25) is 0 Å². The summed E-state index contributed by atoms with van der Waals surface area (Å²) in [6.45, 7) is 2.08. The minimum Gasteiger partial charge on any atom is -0.277 e. The van der Waals surface area contributed by atoms with Crippen molar-refractivity contribution in [1.82, 2.24) is 10.2 Å². The summed E-state index contributed by atoms with van der Waals surface area (Å²) in [7, 11) is 0. The van der Waals surface area contributed by atoms with Gasteiger partial charge in [0.25, 0.3) is 0 Å². The summed E-state index contributed by atoms with van der Waals surface area (Å²) in [6.07, 6.45) is 3.53. The number of aryl methyl sites for hydroxylation is 1. The Morgan fingerprint density at radius 1 is 0.786 bits per heavy atom. The van der Waals surface area contributed by atoms with Gasteiger partial charge in [0.05, 0.1) is 18.1 Å². The number of fused-ring (bicyclic) bond motifs is 3. The van der Waals surface area contributed by atoms with Crippen molar-refractivity contribution in [3.05, 3.63) is 101 Å². The fraction of sp³-hybridized carbons (Fsp3) is 0.0417. The first-order chi connectivity index (χ1) is 13.8. The topological polar surface area (TPSA) is 53.4 Å². The van der Waals surface area contributed by atoms with E-state index in [-0.39, 0.29) is 0 Å². The van der Waals surface area contributed by atoms with Crippen molar-refractivity contribution >= 4 is 11.9 Å². The maximum atomic E-state index is 4.57. The molecule has 0 bridgehead atoms. The molecule has 28 heavy (non-hydrogen) atoms. The Bertz CT molecular complexity index is 1170.